The van der Waals surface area contributed by atoms with Gasteiger partial charge in [-0.2, -0.15) is 0 Å². The van der Waals surface area contributed by atoms with Crippen molar-refractivity contribution in [2.75, 3.05) is 31.2 Å². The Morgan fingerprint density at radius 2 is 1.92 bits per heavy atom. The van der Waals surface area contributed by atoms with Gasteiger partial charge in [0.05, 0.1) is 19.0 Å². The van der Waals surface area contributed by atoms with Gasteiger partial charge in [0, 0.05) is 31.6 Å². The first-order valence-corrected chi connectivity index (χ1v) is 8.94. The van der Waals surface area contributed by atoms with Crippen LogP contribution in [0.2, 0.25) is 0 Å². The van der Waals surface area contributed by atoms with Crippen molar-refractivity contribution in [2.24, 2.45) is 5.92 Å². The van der Waals surface area contributed by atoms with Gasteiger partial charge in [-0.1, -0.05) is 32.6 Å². The summed E-state index contributed by atoms with van der Waals surface area (Å²) in [4.78, 5) is 13.8. The molecule has 5 heteroatoms. The smallest absolute Gasteiger partial charge is 0.345 e. The fourth-order valence-electron chi connectivity index (χ4n) is 2.77. The van der Waals surface area contributed by atoms with Crippen LogP contribution in [0.1, 0.15) is 32.3 Å². The number of carboxylic acid groups (broad SMARTS) is 1. The van der Waals surface area contributed by atoms with Gasteiger partial charge in [-0.25, -0.2) is 4.79 Å². The van der Waals surface area contributed by atoms with Gasteiger partial charge in [0.1, 0.15) is 0 Å². The van der Waals surface area contributed by atoms with Crippen LogP contribution in [0.15, 0.2) is 36.6 Å². The second-order valence-corrected chi connectivity index (χ2v) is 6.89. The highest BCUT2D eigenvalue weighted by Gasteiger charge is 2.21. The first-order valence-electron chi connectivity index (χ1n) is 8.94. The van der Waals surface area contributed by atoms with E-state index in [-0.39, 0.29) is 0 Å². The number of nitrogens with zero attached hydrogens (tertiary/aromatic N) is 1. The zero-order valence-corrected chi connectivity index (χ0v) is 15.2. The Hall–Kier alpha value is -2.01. The van der Waals surface area contributed by atoms with E-state index in [9.17, 15) is 9.90 Å². The molecule has 0 radical (unpaired) electrons. The fraction of sp³-hybridized carbons (Fsp3) is 0.550. The number of benzene rings is 1. The Kier molecular flexibility index (Phi) is 7.31. The number of hydrogen-bond donors (Lipinski definition) is 1. The van der Waals surface area contributed by atoms with Crippen LogP contribution in [0.3, 0.4) is 0 Å². The summed E-state index contributed by atoms with van der Waals surface area (Å²) in [5, 5.41) is 9.43. The highest BCUT2D eigenvalue weighted by molar-refractivity contribution is 5.73. The monoisotopic (exact) mass is 347 g/mol. The molecule has 0 aliphatic carbocycles. The molecule has 1 fully saturated rings. The summed E-state index contributed by atoms with van der Waals surface area (Å²) in [5.74, 6) is 0.130. The molecule has 1 atom stereocenters. The Labute approximate surface area is 150 Å². The van der Waals surface area contributed by atoms with Gasteiger partial charge in [0.15, 0.2) is 6.10 Å². The van der Waals surface area contributed by atoms with Crippen LogP contribution in [0.5, 0.6) is 0 Å². The molecule has 1 saturated heterocycles. The van der Waals surface area contributed by atoms with E-state index < -0.39 is 12.1 Å². The van der Waals surface area contributed by atoms with Crippen LogP contribution < -0.4 is 4.90 Å². The molecule has 5 nitrogen and oxygen atoms in total. The van der Waals surface area contributed by atoms with Crippen LogP contribution >= 0.6 is 0 Å². The molecule has 0 spiro atoms. The summed E-state index contributed by atoms with van der Waals surface area (Å²) in [5.41, 5.74) is 2.09. The zero-order chi connectivity index (χ0) is 18.2. The lowest BCUT2D eigenvalue weighted by Gasteiger charge is -2.29. The van der Waals surface area contributed by atoms with Crippen LogP contribution in [-0.4, -0.2) is 43.5 Å². The minimum Gasteiger partial charge on any atom is -0.483 e. The van der Waals surface area contributed by atoms with Crippen molar-refractivity contribution < 1.29 is 19.4 Å². The molecule has 1 aromatic carbocycles. The quantitative estimate of drug-likeness (QED) is 0.693. The highest BCUT2D eigenvalue weighted by atomic mass is 16.5. The van der Waals surface area contributed by atoms with Crippen molar-refractivity contribution >= 4 is 11.7 Å². The van der Waals surface area contributed by atoms with E-state index in [0.29, 0.717) is 24.5 Å². The molecule has 0 saturated carbocycles. The maximum atomic E-state index is 11.5. The van der Waals surface area contributed by atoms with Crippen molar-refractivity contribution in [3.63, 3.8) is 0 Å². The van der Waals surface area contributed by atoms with Gasteiger partial charge in [0.25, 0.3) is 0 Å². The molecule has 1 aromatic rings. The number of morpholine rings is 1. The van der Waals surface area contributed by atoms with E-state index >= 15 is 0 Å². The van der Waals surface area contributed by atoms with Gasteiger partial charge in [-0.3, -0.25) is 0 Å². The molecule has 0 unspecified atom stereocenters. The molecule has 0 aromatic heterocycles. The van der Waals surface area contributed by atoms with Crippen molar-refractivity contribution in [1.29, 1.82) is 0 Å². The third-order valence-corrected chi connectivity index (χ3v) is 4.32. The van der Waals surface area contributed by atoms with Crippen LogP contribution in [0.25, 0.3) is 0 Å². The largest absolute Gasteiger partial charge is 0.483 e. The van der Waals surface area contributed by atoms with Crippen molar-refractivity contribution in [1.82, 2.24) is 0 Å². The van der Waals surface area contributed by atoms with Gasteiger partial charge in [0.2, 0.25) is 0 Å². The van der Waals surface area contributed by atoms with E-state index in [1.54, 1.807) is 0 Å². The predicted molar refractivity (Wildman–Crippen MR) is 98.9 cm³/mol. The molecular weight excluding hydrogens is 318 g/mol. The zero-order valence-electron chi connectivity index (χ0n) is 15.2. The number of aliphatic carboxylic acids is 1. The Morgan fingerprint density at radius 3 is 2.48 bits per heavy atom. The summed E-state index contributed by atoms with van der Waals surface area (Å²) >= 11 is 0. The number of hydrogen-bond acceptors (Lipinski definition) is 4. The molecule has 1 aliphatic heterocycles. The average Bonchev–Trinajstić information content (AvgIpc) is 2.60. The topological polar surface area (TPSA) is 59.0 Å². The fourth-order valence-corrected chi connectivity index (χ4v) is 2.77. The normalized spacial score (nSPS) is 15.9. The Bertz CT molecular complexity index is 562. The number of anilines is 1. The number of ether oxygens (including phenoxy) is 2. The minimum absolute atomic E-state index is 0.333. The first-order chi connectivity index (χ1) is 12.0. The van der Waals surface area contributed by atoms with E-state index in [1.165, 1.54) is 0 Å². The summed E-state index contributed by atoms with van der Waals surface area (Å²) < 4.78 is 11.0. The van der Waals surface area contributed by atoms with Crippen LogP contribution in [-0.2, 0) is 20.7 Å². The molecule has 0 bridgehead atoms. The van der Waals surface area contributed by atoms with Crippen molar-refractivity contribution in [3.05, 3.63) is 42.2 Å². The lowest BCUT2D eigenvalue weighted by molar-refractivity contribution is -0.147. The van der Waals surface area contributed by atoms with E-state index in [4.69, 9.17) is 9.47 Å². The molecule has 1 aliphatic rings. The van der Waals surface area contributed by atoms with Crippen LogP contribution in [0, 0.1) is 5.92 Å². The first kappa shape index (κ1) is 19.3. The molecule has 25 heavy (non-hydrogen) atoms. The van der Waals surface area contributed by atoms with E-state index in [1.807, 2.05) is 24.3 Å². The second-order valence-electron chi connectivity index (χ2n) is 6.89. The van der Waals surface area contributed by atoms with Crippen molar-refractivity contribution in [3.8, 4) is 0 Å². The second kappa shape index (κ2) is 9.47. The summed E-state index contributed by atoms with van der Waals surface area (Å²) in [6, 6.07) is 8.02. The maximum absolute atomic E-state index is 11.5. The third-order valence-electron chi connectivity index (χ3n) is 4.32. The van der Waals surface area contributed by atoms with Gasteiger partial charge in [-0.05, 0) is 30.0 Å². The highest BCUT2D eigenvalue weighted by Crippen LogP contribution is 2.19. The van der Waals surface area contributed by atoms with Crippen LogP contribution in [0.4, 0.5) is 5.69 Å². The van der Waals surface area contributed by atoms with Gasteiger partial charge in [-0.15, -0.1) is 0 Å². The summed E-state index contributed by atoms with van der Waals surface area (Å²) in [6.07, 6.45) is 1.07. The Balaban J connectivity index is 1.92. The molecule has 1 heterocycles. The van der Waals surface area contributed by atoms with E-state index in [0.717, 1.165) is 44.0 Å². The Morgan fingerprint density at radius 1 is 1.28 bits per heavy atom. The number of carbonyl (C=O) groups is 1. The van der Waals surface area contributed by atoms with Gasteiger partial charge >= 0.3 is 5.97 Å². The lowest BCUT2D eigenvalue weighted by Crippen LogP contribution is -2.36. The maximum Gasteiger partial charge on any atom is 0.345 e. The summed E-state index contributed by atoms with van der Waals surface area (Å²) in [6.45, 7) is 11.4. The van der Waals surface area contributed by atoms with Crippen molar-refractivity contribution in [2.45, 2.75) is 39.2 Å². The average molecular weight is 347 g/mol. The molecule has 2 rings (SSSR count). The van der Waals surface area contributed by atoms with Gasteiger partial charge < -0.3 is 19.5 Å². The number of allylic oxidation sites excluding steroid dienone is 1. The lowest BCUT2D eigenvalue weighted by atomic mass is 10.1. The predicted octanol–water partition coefficient (Wildman–Crippen LogP) is 3.49. The number of carboxylic acids is 1. The standard InChI is InChI=1S/C20H29NO4/c1-15(2)4-5-16(3)25-19(20(22)23)14-17-6-8-18(9-7-17)21-10-12-24-13-11-21/h6-9,15,19H,3-5,10-14H2,1-2H3,(H,22,23)/t19-/m1/s1. The third kappa shape index (κ3) is 6.42. The summed E-state index contributed by atoms with van der Waals surface area (Å²) in [7, 11) is 0. The molecule has 138 valence electrons. The molecule has 1 N–H and O–H groups in total. The molecule has 0 amide bonds. The SMILES string of the molecule is C=C(CCC(C)C)O[C@H](Cc1ccc(N2CCOCC2)cc1)C(=O)O. The number of rotatable bonds is 9. The van der Waals surface area contributed by atoms with E-state index in [2.05, 4.69) is 25.3 Å². The molecular formula is C20H29NO4. The minimum atomic E-state index is -0.956.